The SMILES string of the molecule is Cc1ccc(C(C)C)c(OCC(=O)NNC(=O)Cn2ccc3ccccc32)c1. The monoisotopic (exact) mass is 379 g/mol. The molecule has 0 spiro atoms. The average Bonchev–Trinajstić information content (AvgIpc) is 3.07. The number of para-hydroxylation sites is 1. The first-order valence-electron chi connectivity index (χ1n) is 9.29. The molecule has 0 radical (unpaired) electrons. The van der Waals surface area contributed by atoms with Gasteiger partial charge in [0, 0.05) is 11.7 Å². The summed E-state index contributed by atoms with van der Waals surface area (Å²) in [5, 5.41) is 1.06. The summed E-state index contributed by atoms with van der Waals surface area (Å²) in [4.78, 5) is 24.2. The second kappa shape index (κ2) is 8.61. The maximum absolute atomic E-state index is 12.1. The minimum Gasteiger partial charge on any atom is -0.483 e. The minimum atomic E-state index is -0.415. The number of aryl methyl sites for hydroxylation is 1. The van der Waals surface area contributed by atoms with E-state index in [2.05, 4.69) is 24.7 Å². The summed E-state index contributed by atoms with van der Waals surface area (Å²) in [6, 6.07) is 15.7. The highest BCUT2D eigenvalue weighted by Crippen LogP contribution is 2.27. The first-order chi connectivity index (χ1) is 13.4. The van der Waals surface area contributed by atoms with Crippen molar-refractivity contribution < 1.29 is 14.3 Å². The van der Waals surface area contributed by atoms with E-state index in [4.69, 9.17) is 4.74 Å². The Labute approximate surface area is 164 Å². The normalized spacial score (nSPS) is 10.9. The first kappa shape index (κ1) is 19.5. The number of carbonyl (C=O) groups excluding carboxylic acids is 2. The fourth-order valence-electron chi connectivity index (χ4n) is 3.04. The molecule has 0 atom stereocenters. The minimum absolute atomic E-state index is 0.115. The van der Waals surface area contributed by atoms with Gasteiger partial charge in [-0.05, 0) is 47.6 Å². The molecule has 2 amide bonds. The summed E-state index contributed by atoms with van der Waals surface area (Å²) in [5.41, 5.74) is 7.90. The Bertz CT molecular complexity index is 992. The van der Waals surface area contributed by atoms with E-state index in [1.165, 1.54) is 0 Å². The zero-order chi connectivity index (χ0) is 20.1. The van der Waals surface area contributed by atoms with Gasteiger partial charge in [-0.3, -0.25) is 20.4 Å². The Morgan fingerprint density at radius 3 is 2.57 bits per heavy atom. The van der Waals surface area contributed by atoms with Crippen LogP contribution in [0.2, 0.25) is 0 Å². The zero-order valence-corrected chi connectivity index (χ0v) is 16.4. The molecule has 3 aromatic rings. The van der Waals surface area contributed by atoms with E-state index < -0.39 is 5.91 Å². The van der Waals surface area contributed by atoms with Crippen molar-refractivity contribution in [2.45, 2.75) is 33.2 Å². The molecule has 0 bridgehead atoms. The van der Waals surface area contributed by atoms with Crippen LogP contribution in [-0.2, 0) is 16.1 Å². The molecule has 2 aromatic carbocycles. The van der Waals surface area contributed by atoms with E-state index in [9.17, 15) is 9.59 Å². The van der Waals surface area contributed by atoms with Gasteiger partial charge in [-0.15, -0.1) is 0 Å². The van der Waals surface area contributed by atoms with E-state index >= 15 is 0 Å². The molecule has 28 heavy (non-hydrogen) atoms. The molecule has 0 unspecified atom stereocenters. The van der Waals surface area contributed by atoms with Crippen molar-refractivity contribution in [3.8, 4) is 5.75 Å². The summed E-state index contributed by atoms with van der Waals surface area (Å²) in [5.74, 6) is 0.250. The van der Waals surface area contributed by atoms with Crippen molar-refractivity contribution in [3.05, 3.63) is 65.9 Å². The van der Waals surface area contributed by atoms with Crippen LogP contribution in [-0.4, -0.2) is 23.0 Å². The van der Waals surface area contributed by atoms with Gasteiger partial charge in [0.1, 0.15) is 12.3 Å². The fourth-order valence-corrected chi connectivity index (χ4v) is 3.04. The van der Waals surface area contributed by atoms with Gasteiger partial charge in [-0.2, -0.15) is 0 Å². The molecule has 0 aliphatic heterocycles. The summed E-state index contributed by atoms with van der Waals surface area (Å²) in [6.45, 7) is 6.06. The molecule has 1 aromatic heterocycles. The van der Waals surface area contributed by atoms with Crippen LogP contribution in [0, 0.1) is 6.92 Å². The number of hydrogen-bond acceptors (Lipinski definition) is 3. The number of hydrazine groups is 1. The fraction of sp³-hybridized carbons (Fsp3) is 0.273. The Morgan fingerprint density at radius 1 is 1.04 bits per heavy atom. The number of amides is 2. The molecule has 146 valence electrons. The van der Waals surface area contributed by atoms with Crippen LogP contribution < -0.4 is 15.6 Å². The Kier molecular flexibility index (Phi) is 5.99. The third kappa shape index (κ3) is 4.71. The maximum Gasteiger partial charge on any atom is 0.276 e. The molecule has 3 rings (SSSR count). The molecule has 6 heteroatoms. The predicted molar refractivity (Wildman–Crippen MR) is 109 cm³/mol. The summed E-state index contributed by atoms with van der Waals surface area (Å²) < 4.78 is 7.50. The second-order valence-corrected chi connectivity index (χ2v) is 7.08. The van der Waals surface area contributed by atoms with Crippen LogP contribution in [0.25, 0.3) is 10.9 Å². The second-order valence-electron chi connectivity index (χ2n) is 7.08. The molecular formula is C22H25N3O3. The molecule has 6 nitrogen and oxygen atoms in total. The van der Waals surface area contributed by atoms with Gasteiger partial charge < -0.3 is 9.30 Å². The van der Waals surface area contributed by atoms with Crippen molar-refractivity contribution in [2.24, 2.45) is 0 Å². The van der Waals surface area contributed by atoms with Crippen molar-refractivity contribution >= 4 is 22.7 Å². The van der Waals surface area contributed by atoms with Crippen LogP contribution in [0.15, 0.2) is 54.7 Å². The topological polar surface area (TPSA) is 72.4 Å². The highest BCUT2D eigenvalue weighted by molar-refractivity contribution is 5.85. The summed E-state index contributed by atoms with van der Waals surface area (Å²) >= 11 is 0. The molecule has 1 heterocycles. The van der Waals surface area contributed by atoms with E-state index in [-0.39, 0.29) is 25.0 Å². The number of nitrogens with one attached hydrogen (secondary N) is 2. The van der Waals surface area contributed by atoms with Crippen molar-refractivity contribution in [2.75, 3.05) is 6.61 Å². The van der Waals surface area contributed by atoms with Gasteiger partial charge >= 0.3 is 0 Å². The van der Waals surface area contributed by atoms with E-state index in [0.717, 1.165) is 22.0 Å². The quantitative estimate of drug-likeness (QED) is 0.646. The number of hydrogen-bond donors (Lipinski definition) is 2. The Balaban J connectivity index is 1.51. The van der Waals surface area contributed by atoms with E-state index in [1.54, 1.807) is 0 Å². The molecule has 2 N–H and O–H groups in total. The largest absolute Gasteiger partial charge is 0.483 e. The molecular weight excluding hydrogens is 354 g/mol. The highest BCUT2D eigenvalue weighted by Gasteiger charge is 2.11. The first-order valence-corrected chi connectivity index (χ1v) is 9.29. The summed E-state index contributed by atoms with van der Waals surface area (Å²) in [7, 11) is 0. The lowest BCUT2D eigenvalue weighted by Gasteiger charge is -2.15. The Morgan fingerprint density at radius 2 is 1.79 bits per heavy atom. The van der Waals surface area contributed by atoms with Crippen LogP contribution >= 0.6 is 0 Å². The lowest BCUT2D eigenvalue weighted by atomic mass is 10.0. The zero-order valence-electron chi connectivity index (χ0n) is 16.4. The Hall–Kier alpha value is -3.28. The standard InChI is InChI=1S/C22H25N3O3/c1-15(2)18-9-8-16(3)12-20(18)28-14-22(27)24-23-21(26)13-25-11-10-17-6-4-5-7-19(17)25/h4-12,15H,13-14H2,1-3H3,(H,23,26)(H,24,27). The number of ether oxygens (including phenoxy) is 1. The number of benzene rings is 2. The molecule has 0 aliphatic rings. The molecule has 0 saturated carbocycles. The summed E-state index contributed by atoms with van der Waals surface area (Å²) in [6.07, 6.45) is 1.85. The smallest absolute Gasteiger partial charge is 0.276 e. The molecule has 0 fully saturated rings. The van der Waals surface area contributed by atoms with Gasteiger partial charge in [0.25, 0.3) is 11.8 Å². The van der Waals surface area contributed by atoms with Crippen molar-refractivity contribution in [3.63, 3.8) is 0 Å². The highest BCUT2D eigenvalue weighted by atomic mass is 16.5. The number of fused-ring (bicyclic) bond motifs is 1. The van der Waals surface area contributed by atoms with Crippen molar-refractivity contribution in [1.82, 2.24) is 15.4 Å². The van der Waals surface area contributed by atoms with Gasteiger partial charge in [-0.1, -0.05) is 44.2 Å². The third-order valence-electron chi connectivity index (χ3n) is 4.49. The van der Waals surface area contributed by atoms with Crippen LogP contribution in [0.1, 0.15) is 30.9 Å². The maximum atomic E-state index is 12.1. The molecule has 0 saturated heterocycles. The third-order valence-corrected chi connectivity index (χ3v) is 4.49. The van der Waals surface area contributed by atoms with Gasteiger partial charge in [-0.25, -0.2) is 0 Å². The van der Waals surface area contributed by atoms with Crippen LogP contribution in [0.3, 0.4) is 0 Å². The number of nitrogens with zero attached hydrogens (tertiary/aromatic N) is 1. The molecule has 0 aliphatic carbocycles. The van der Waals surface area contributed by atoms with E-state index in [0.29, 0.717) is 5.75 Å². The predicted octanol–water partition coefficient (Wildman–Crippen LogP) is 3.30. The van der Waals surface area contributed by atoms with Crippen LogP contribution in [0.4, 0.5) is 0 Å². The lowest BCUT2D eigenvalue weighted by Crippen LogP contribution is -2.45. The van der Waals surface area contributed by atoms with Crippen molar-refractivity contribution in [1.29, 1.82) is 0 Å². The number of aromatic nitrogens is 1. The number of carbonyl (C=O) groups is 2. The van der Waals surface area contributed by atoms with Gasteiger partial charge in [0.2, 0.25) is 0 Å². The van der Waals surface area contributed by atoms with Crippen LogP contribution in [0.5, 0.6) is 5.75 Å². The van der Waals surface area contributed by atoms with Gasteiger partial charge in [0.05, 0.1) is 0 Å². The van der Waals surface area contributed by atoms with Gasteiger partial charge in [0.15, 0.2) is 6.61 Å². The lowest BCUT2D eigenvalue weighted by molar-refractivity contribution is -0.130. The number of rotatable bonds is 6. The van der Waals surface area contributed by atoms with E-state index in [1.807, 2.05) is 66.2 Å². The average molecular weight is 379 g/mol.